The number of aromatic nitrogens is 1. The number of rotatable bonds is 9. The van der Waals surface area contributed by atoms with Gasteiger partial charge in [0.05, 0.1) is 37.4 Å². The van der Waals surface area contributed by atoms with E-state index in [1.54, 1.807) is 13.0 Å². The minimum atomic E-state index is -1.27. The third-order valence-electron chi connectivity index (χ3n) is 12.8. The van der Waals surface area contributed by atoms with Crippen molar-refractivity contribution in [1.82, 2.24) is 25.4 Å². The number of amides is 3. The van der Waals surface area contributed by atoms with Crippen LogP contribution in [0.1, 0.15) is 91.0 Å². The smallest absolute Gasteiger partial charge is 0.408 e. The van der Waals surface area contributed by atoms with Crippen molar-refractivity contribution < 1.29 is 42.9 Å². The molecule has 59 heavy (non-hydrogen) atoms. The van der Waals surface area contributed by atoms with Crippen molar-refractivity contribution in [2.45, 2.75) is 122 Å². The Morgan fingerprint density at radius 2 is 1.85 bits per heavy atom. The molecule has 7 rings (SSSR count). The summed E-state index contributed by atoms with van der Waals surface area (Å²) in [7, 11) is 0. The number of para-hydroxylation sites is 1. The lowest BCUT2D eigenvalue weighted by molar-refractivity contribution is -0.150. The number of hydrogen-bond donors (Lipinski definition) is 2. The number of pyridine rings is 1. The third-order valence-corrected chi connectivity index (χ3v) is 12.8. The summed E-state index contributed by atoms with van der Waals surface area (Å²) in [6.07, 6.45) is 7.75. The molecule has 0 unspecified atom stereocenters. The molecule has 2 saturated heterocycles. The first-order valence-corrected chi connectivity index (χ1v) is 21.8. The van der Waals surface area contributed by atoms with Gasteiger partial charge in [0, 0.05) is 37.4 Å². The van der Waals surface area contributed by atoms with Gasteiger partial charge in [0.1, 0.15) is 42.2 Å². The molecule has 322 valence electrons. The molecule has 1 aromatic carbocycles. The number of morpholine rings is 1. The number of nitrogens with zero attached hydrogens (tertiary/aromatic N) is 3. The minimum absolute atomic E-state index is 0.0450. The molecule has 1 aromatic heterocycles. The number of hydrogen-bond acceptors (Lipinski definition) is 11. The standard InChI is InChI=1S/C45H63N5O9/c1-6-30-27-45(30,42(53)56-7-2)48-39(51)35-26-31-28-50(35)41(52)38(44(3,4)5)47-43(54)59-36-19-13-15-29(36)14-9-8-10-17-33-37(57-25-22-49-20-23-55-24-21-49)32-16-11-12-18-34(32)46-40(33)58-31/h6,11-12,16,18,29-31,35-36,38H,1,7-10,13-15,17,19-28H2,2-5H3,(H,47,54)(H,48,51)/t29-,30-,31-,35+,36-,38-,45-/m1/s1. The maximum absolute atomic E-state index is 14.9. The second-order valence-electron chi connectivity index (χ2n) is 17.9. The van der Waals surface area contributed by atoms with Crippen LogP contribution in [-0.4, -0.2) is 121 Å². The van der Waals surface area contributed by atoms with E-state index in [4.69, 9.17) is 28.7 Å². The Labute approximate surface area is 348 Å². The fourth-order valence-electron chi connectivity index (χ4n) is 9.36. The van der Waals surface area contributed by atoms with E-state index in [0.29, 0.717) is 38.5 Å². The van der Waals surface area contributed by atoms with Crippen molar-refractivity contribution >= 4 is 34.8 Å². The van der Waals surface area contributed by atoms with Crippen LogP contribution in [0, 0.1) is 17.3 Å². The first-order valence-electron chi connectivity index (χ1n) is 21.8. The number of nitrogens with one attached hydrogen (secondary N) is 2. The first kappa shape index (κ1) is 42.7. The molecule has 3 aliphatic heterocycles. The highest BCUT2D eigenvalue weighted by Gasteiger charge is 2.62. The van der Waals surface area contributed by atoms with Crippen molar-refractivity contribution in [1.29, 1.82) is 0 Å². The second kappa shape index (κ2) is 18.5. The average Bonchev–Trinajstić information content (AvgIpc) is 3.49. The van der Waals surface area contributed by atoms with Crippen LogP contribution in [0.25, 0.3) is 10.9 Å². The Morgan fingerprint density at radius 1 is 1.07 bits per heavy atom. The summed E-state index contributed by atoms with van der Waals surface area (Å²) in [5.41, 5.74) is -0.423. The number of alkyl carbamates (subject to hydrolysis) is 1. The van der Waals surface area contributed by atoms with E-state index in [-0.39, 0.29) is 37.5 Å². The third kappa shape index (κ3) is 9.64. The van der Waals surface area contributed by atoms with Crippen LogP contribution < -0.4 is 20.1 Å². The van der Waals surface area contributed by atoms with E-state index >= 15 is 0 Å². The van der Waals surface area contributed by atoms with E-state index in [0.717, 1.165) is 86.8 Å². The maximum Gasteiger partial charge on any atom is 0.408 e. The van der Waals surface area contributed by atoms with Crippen LogP contribution >= 0.6 is 0 Å². The molecule has 14 nitrogen and oxygen atoms in total. The summed E-state index contributed by atoms with van der Waals surface area (Å²) in [5.74, 6) is -0.381. The monoisotopic (exact) mass is 817 g/mol. The lowest BCUT2D eigenvalue weighted by Crippen LogP contribution is -2.59. The minimum Gasteiger partial charge on any atom is -0.491 e. The summed E-state index contributed by atoms with van der Waals surface area (Å²) < 4.78 is 30.6. The van der Waals surface area contributed by atoms with Gasteiger partial charge in [-0.25, -0.2) is 14.6 Å². The Morgan fingerprint density at radius 3 is 2.59 bits per heavy atom. The molecular formula is C45H63N5O9. The summed E-state index contributed by atoms with van der Waals surface area (Å²) in [5, 5.41) is 6.79. The van der Waals surface area contributed by atoms with Gasteiger partial charge in [0.25, 0.3) is 0 Å². The number of fused-ring (bicyclic) bond motifs is 5. The molecule has 2 N–H and O–H groups in total. The van der Waals surface area contributed by atoms with Gasteiger partial charge >= 0.3 is 12.1 Å². The summed E-state index contributed by atoms with van der Waals surface area (Å²) >= 11 is 0. The Kier molecular flexibility index (Phi) is 13.4. The van der Waals surface area contributed by atoms with E-state index in [2.05, 4.69) is 22.1 Å². The van der Waals surface area contributed by atoms with E-state index in [1.165, 1.54) is 4.90 Å². The lowest BCUT2D eigenvalue weighted by atomic mass is 9.85. The van der Waals surface area contributed by atoms with Gasteiger partial charge in [-0.05, 0) is 75.3 Å². The molecule has 2 bridgehead atoms. The van der Waals surface area contributed by atoms with Gasteiger partial charge in [0.2, 0.25) is 17.7 Å². The van der Waals surface area contributed by atoms with Gasteiger partial charge in [-0.15, -0.1) is 6.58 Å². The molecule has 2 aliphatic carbocycles. The second-order valence-corrected chi connectivity index (χ2v) is 17.9. The van der Waals surface area contributed by atoms with Crippen LogP contribution in [0.3, 0.4) is 0 Å². The van der Waals surface area contributed by atoms with Crippen molar-refractivity contribution in [3.05, 3.63) is 42.5 Å². The summed E-state index contributed by atoms with van der Waals surface area (Å²) in [4.78, 5) is 65.1. The Hall–Kier alpha value is -4.43. The predicted molar refractivity (Wildman–Crippen MR) is 221 cm³/mol. The highest BCUT2D eigenvalue weighted by molar-refractivity contribution is 5.97. The highest BCUT2D eigenvalue weighted by Crippen LogP contribution is 2.46. The predicted octanol–water partition coefficient (Wildman–Crippen LogP) is 5.34. The van der Waals surface area contributed by atoms with Gasteiger partial charge in [-0.3, -0.25) is 14.5 Å². The van der Waals surface area contributed by atoms with Crippen molar-refractivity contribution in [3.63, 3.8) is 0 Å². The summed E-state index contributed by atoms with van der Waals surface area (Å²) in [6.45, 7) is 15.8. The zero-order valence-corrected chi connectivity index (χ0v) is 35.3. The van der Waals surface area contributed by atoms with Crippen LogP contribution in [0.2, 0.25) is 0 Å². The van der Waals surface area contributed by atoms with E-state index in [9.17, 15) is 19.2 Å². The molecule has 4 fully saturated rings. The molecule has 14 heteroatoms. The molecule has 3 amide bonds. The zero-order chi connectivity index (χ0) is 41.7. The molecule has 7 atom stereocenters. The van der Waals surface area contributed by atoms with E-state index < -0.39 is 53.0 Å². The van der Waals surface area contributed by atoms with Crippen molar-refractivity contribution in [3.8, 4) is 11.6 Å². The van der Waals surface area contributed by atoms with Gasteiger partial charge in [0.15, 0.2) is 0 Å². The largest absolute Gasteiger partial charge is 0.491 e. The molecular weight excluding hydrogens is 755 g/mol. The van der Waals surface area contributed by atoms with Crippen molar-refractivity contribution in [2.24, 2.45) is 17.3 Å². The zero-order valence-electron chi connectivity index (χ0n) is 35.3. The normalized spacial score (nSPS) is 29.5. The van der Waals surface area contributed by atoms with Crippen LogP contribution in [0.5, 0.6) is 11.6 Å². The van der Waals surface area contributed by atoms with Gasteiger partial charge in [-0.1, -0.05) is 51.8 Å². The van der Waals surface area contributed by atoms with Crippen LogP contribution in [0.15, 0.2) is 36.9 Å². The molecule has 0 radical (unpaired) electrons. The fourth-order valence-corrected chi connectivity index (χ4v) is 9.36. The number of carbonyl (C=O) groups is 4. The summed E-state index contributed by atoms with van der Waals surface area (Å²) in [6, 6.07) is 5.85. The number of ether oxygens (including phenoxy) is 5. The molecule has 0 spiro atoms. The average molecular weight is 818 g/mol. The topological polar surface area (TPSA) is 158 Å². The number of carbonyl (C=O) groups excluding carboxylic acids is 4. The van der Waals surface area contributed by atoms with Crippen molar-refractivity contribution in [2.75, 3.05) is 52.6 Å². The Bertz CT molecular complexity index is 1860. The maximum atomic E-state index is 14.9. The first-order chi connectivity index (χ1) is 28.4. The Balaban J connectivity index is 1.25. The number of benzene rings is 1. The molecule has 2 aromatic rings. The van der Waals surface area contributed by atoms with Crippen LogP contribution in [-0.2, 0) is 35.0 Å². The van der Waals surface area contributed by atoms with E-state index in [1.807, 2.05) is 45.0 Å². The SMILES string of the molecule is C=C[C@@H]1C[C@]1(NC(=O)[C@@H]1C[C@@H]2CN1C(=O)[C@H](C(C)(C)C)NC(=O)O[C@@H]1CCC[C@H]1CCCCCc1c(nc3ccccc3c1OCCN1CCOCC1)O2)C(=O)OCC. The quantitative estimate of drug-likeness (QED) is 0.249. The number of esters is 1. The highest BCUT2D eigenvalue weighted by atomic mass is 16.6. The van der Waals surface area contributed by atoms with Gasteiger partial charge in [-0.2, -0.15) is 0 Å². The van der Waals surface area contributed by atoms with Crippen LogP contribution in [0.4, 0.5) is 4.79 Å². The van der Waals surface area contributed by atoms with Gasteiger partial charge < -0.3 is 39.2 Å². The fraction of sp³-hybridized carbons (Fsp3) is 0.667. The molecule has 4 heterocycles. The molecule has 2 saturated carbocycles. The lowest BCUT2D eigenvalue weighted by Gasteiger charge is -2.35. The molecule has 5 aliphatic rings.